The first kappa shape index (κ1) is 16.9. The molecule has 0 aliphatic rings. The first-order chi connectivity index (χ1) is 12.1. The number of fused-ring (bicyclic) bond motifs is 1. The van der Waals surface area contributed by atoms with Crippen molar-refractivity contribution in [1.82, 2.24) is 14.9 Å². The number of aromatic nitrogens is 2. The van der Waals surface area contributed by atoms with Crippen molar-refractivity contribution in [2.75, 3.05) is 0 Å². The maximum Gasteiger partial charge on any atom is 0.261 e. The molecule has 1 N–H and O–H groups in total. The fourth-order valence-electron chi connectivity index (χ4n) is 2.67. The average molecular weight is 335 g/mol. The van der Waals surface area contributed by atoms with E-state index in [1.165, 1.54) is 5.56 Å². The Hall–Kier alpha value is -2.95. The summed E-state index contributed by atoms with van der Waals surface area (Å²) in [7, 11) is 0. The van der Waals surface area contributed by atoms with Gasteiger partial charge in [0.1, 0.15) is 0 Å². The van der Waals surface area contributed by atoms with Crippen molar-refractivity contribution in [3.63, 3.8) is 0 Å². The van der Waals surface area contributed by atoms with Crippen molar-refractivity contribution in [2.24, 2.45) is 0 Å². The molecule has 1 aromatic heterocycles. The highest BCUT2D eigenvalue weighted by Crippen LogP contribution is 2.06. The van der Waals surface area contributed by atoms with E-state index < -0.39 is 0 Å². The van der Waals surface area contributed by atoms with Crippen molar-refractivity contribution < 1.29 is 4.79 Å². The molecule has 1 heterocycles. The van der Waals surface area contributed by atoms with E-state index in [-0.39, 0.29) is 11.5 Å². The number of hydrogen-bond donors (Lipinski definition) is 1. The number of aryl methyl sites for hydroxylation is 2. The number of nitrogens with one attached hydrogen (secondary N) is 1. The molecule has 1 amide bonds. The summed E-state index contributed by atoms with van der Waals surface area (Å²) in [6, 6.07) is 15.4. The molecule has 2 aromatic carbocycles. The molecule has 0 aliphatic heterocycles. The van der Waals surface area contributed by atoms with Crippen LogP contribution in [0, 0.1) is 6.92 Å². The molecule has 0 aliphatic carbocycles. The second-order valence-corrected chi connectivity index (χ2v) is 6.13. The smallest absolute Gasteiger partial charge is 0.261 e. The molecule has 128 valence electrons. The third-order valence-electron chi connectivity index (χ3n) is 4.14. The van der Waals surface area contributed by atoms with Gasteiger partial charge in [-0.2, -0.15) is 0 Å². The Morgan fingerprint density at radius 1 is 1.12 bits per heavy atom. The van der Waals surface area contributed by atoms with Crippen molar-refractivity contribution in [3.05, 3.63) is 76.3 Å². The third kappa shape index (κ3) is 4.32. The van der Waals surface area contributed by atoms with Crippen LogP contribution in [-0.4, -0.2) is 15.5 Å². The van der Waals surface area contributed by atoms with E-state index in [0.29, 0.717) is 36.8 Å². The minimum Gasteiger partial charge on any atom is -0.352 e. The second kappa shape index (κ2) is 7.75. The van der Waals surface area contributed by atoms with Crippen molar-refractivity contribution in [3.8, 4) is 0 Å². The van der Waals surface area contributed by atoms with Gasteiger partial charge in [-0.05, 0) is 31.0 Å². The topological polar surface area (TPSA) is 64.0 Å². The maximum absolute atomic E-state index is 12.4. The zero-order valence-electron chi connectivity index (χ0n) is 14.2. The molecule has 0 saturated carbocycles. The third-order valence-corrected chi connectivity index (χ3v) is 4.14. The Morgan fingerprint density at radius 3 is 2.68 bits per heavy atom. The first-order valence-corrected chi connectivity index (χ1v) is 8.40. The number of hydrogen-bond acceptors (Lipinski definition) is 3. The fraction of sp³-hybridized carbons (Fsp3) is 0.250. The van der Waals surface area contributed by atoms with E-state index in [1.54, 1.807) is 17.0 Å². The Balaban J connectivity index is 1.51. The minimum atomic E-state index is -0.0642. The molecule has 25 heavy (non-hydrogen) atoms. The lowest BCUT2D eigenvalue weighted by molar-refractivity contribution is -0.121. The SMILES string of the molecule is Cc1ccc(CNC(=O)CCCn2cnc3ccccc3c2=O)cc1. The van der Waals surface area contributed by atoms with Gasteiger partial charge in [0.15, 0.2) is 0 Å². The summed E-state index contributed by atoms with van der Waals surface area (Å²) >= 11 is 0. The second-order valence-electron chi connectivity index (χ2n) is 6.13. The summed E-state index contributed by atoms with van der Waals surface area (Å²) < 4.78 is 1.57. The minimum absolute atomic E-state index is 0.0117. The number of carbonyl (C=O) groups is 1. The number of carbonyl (C=O) groups excluding carboxylic acids is 1. The summed E-state index contributed by atoms with van der Waals surface area (Å²) in [6.45, 7) is 3.04. The highest BCUT2D eigenvalue weighted by molar-refractivity contribution is 5.77. The summed E-state index contributed by atoms with van der Waals surface area (Å²) in [4.78, 5) is 28.6. The van der Waals surface area contributed by atoms with Crippen LogP contribution < -0.4 is 10.9 Å². The van der Waals surface area contributed by atoms with Crippen LogP contribution in [0.2, 0.25) is 0 Å². The number of rotatable bonds is 6. The van der Waals surface area contributed by atoms with Crippen LogP contribution in [0.3, 0.4) is 0 Å². The van der Waals surface area contributed by atoms with Gasteiger partial charge in [-0.3, -0.25) is 14.2 Å². The van der Waals surface area contributed by atoms with Gasteiger partial charge in [-0.25, -0.2) is 4.98 Å². The Bertz CT molecular complexity index is 930. The molecule has 0 unspecified atom stereocenters. The molecular formula is C20H21N3O2. The van der Waals surface area contributed by atoms with Crippen LogP contribution in [-0.2, 0) is 17.9 Å². The molecule has 3 aromatic rings. The predicted molar refractivity (Wildman–Crippen MR) is 98.3 cm³/mol. The summed E-state index contributed by atoms with van der Waals surface area (Å²) in [5.41, 5.74) is 2.91. The largest absolute Gasteiger partial charge is 0.352 e. The fourth-order valence-corrected chi connectivity index (χ4v) is 2.67. The van der Waals surface area contributed by atoms with Gasteiger partial charge in [0.2, 0.25) is 5.91 Å². The van der Waals surface area contributed by atoms with E-state index in [2.05, 4.69) is 10.3 Å². The summed E-state index contributed by atoms with van der Waals surface area (Å²) in [6.07, 6.45) is 2.53. The standard InChI is InChI=1S/C20H21N3O2/c1-15-8-10-16(11-9-15)13-21-19(24)7-4-12-23-14-22-18-6-3-2-5-17(18)20(23)25/h2-3,5-6,8-11,14H,4,7,12-13H2,1H3,(H,21,24). The number of nitrogens with zero attached hydrogens (tertiary/aromatic N) is 2. The Labute approximate surface area is 146 Å². The summed E-state index contributed by atoms with van der Waals surface area (Å²) in [5, 5.41) is 3.51. The van der Waals surface area contributed by atoms with Gasteiger partial charge in [-0.1, -0.05) is 42.0 Å². The van der Waals surface area contributed by atoms with Crippen LogP contribution in [0.25, 0.3) is 10.9 Å². The monoisotopic (exact) mass is 335 g/mol. The first-order valence-electron chi connectivity index (χ1n) is 8.40. The molecule has 0 saturated heterocycles. The van der Waals surface area contributed by atoms with Crippen molar-refractivity contribution in [1.29, 1.82) is 0 Å². The lowest BCUT2D eigenvalue weighted by atomic mass is 10.1. The number of para-hydroxylation sites is 1. The van der Waals surface area contributed by atoms with Crippen molar-refractivity contribution >= 4 is 16.8 Å². The molecule has 0 atom stereocenters. The van der Waals surface area contributed by atoms with Gasteiger partial charge in [-0.15, -0.1) is 0 Å². The predicted octanol–water partition coefficient (Wildman–Crippen LogP) is 2.80. The Kier molecular flexibility index (Phi) is 5.23. The van der Waals surface area contributed by atoms with Gasteiger partial charge >= 0.3 is 0 Å². The molecule has 5 heteroatoms. The van der Waals surface area contributed by atoms with Crippen LogP contribution in [0.15, 0.2) is 59.7 Å². The van der Waals surface area contributed by atoms with Gasteiger partial charge in [0.05, 0.1) is 17.2 Å². The van der Waals surface area contributed by atoms with E-state index in [1.807, 2.05) is 49.4 Å². The summed E-state index contributed by atoms with van der Waals surface area (Å²) in [5.74, 6) is -0.0117. The highest BCUT2D eigenvalue weighted by atomic mass is 16.1. The lowest BCUT2D eigenvalue weighted by Crippen LogP contribution is -2.24. The normalized spacial score (nSPS) is 10.8. The lowest BCUT2D eigenvalue weighted by Gasteiger charge is -2.08. The quantitative estimate of drug-likeness (QED) is 0.753. The zero-order valence-corrected chi connectivity index (χ0v) is 14.2. The number of amides is 1. The Morgan fingerprint density at radius 2 is 1.88 bits per heavy atom. The van der Waals surface area contributed by atoms with Gasteiger partial charge < -0.3 is 5.32 Å². The zero-order chi connectivity index (χ0) is 17.6. The molecule has 0 fully saturated rings. The van der Waals surface area contributed by atoms with Gasteiger partial charge in [0, 0.05) is 19.5 Å². The molecular weight excluding hydrogens is 314 g/mol. The average Bonchev–Trinajstić information content (AvgIpc) is 2.63. The molecule has 0 radical (unpaired) electrons. The van der Waals surface area contributed by atoms with Crippen LogP contribution in [0.5, 0.6) is 0 Å². The van der Waals surface area contributed by atoms with Crippen LogP contribution in [0.1, 0.15) is 24.0 Å². The molecule has 0 spiro atoms. The van der Waals surface area contributed by atoms with Crippen LogP contribution in [0.4, 0.5) is 0 Å². The maximum atomic E-state index is 12.4. The van der Waals surface area contributed by atoms with E-state index >= 15 is 0 Å². The molecule has 0 bridgehead atoms. The molecule has 3 rings (SSSR count). The number of benzene rings is 2. The van der Waals surface area contributed by atoms with Gasteiger partial charge in [0.25, 0.3) is 5.56 Å². The van der Waals surface area contributed by atoms with E-state index in [4.69, 9.17) is 0 Å². The molecule has 5 nitrogen and oxygen atoms in total. The van der Waals surface area contributed by atoms with E-state index in [9.17, 15) is 9.59 Å². The van der Waals surface area contributed by atoms with E-state index in [0.717, 1.165) is 5.56 Å². The van der Waals surface area contributed by atoms with Crippen molar-refractivity contribution in [2.45, 2.75) is 32.9 Å². The highest BCUT2D eigenvalue weighted by Gasteiger charge is 2.05. The van der Waals surface area contributed by atoms with Crippen LogP contribution >= 0.6 is 0 Å².